The Hall–Kier alpha value is -3.35. The maximum Gasteiger partial charge on any atom is 0.408 e. The molecule has 2 unspecified atom stereocenters. The van der Waals surface area contributed by atoms with Gasteiger partial charge in [-0.15, -0.1) is 0 Å². The van der Waals surface area contributed by atoms with Gasteiger partial charge in [0.05, 0.1) is 0 Å². The second-order valence-corrected chi connectivity index (χ2v) is 11.1. The third-order valence-electron chi connectivity index (χ3n) is 6.62. The quantitative estimate of drug-likeness (QED) is 0.347. The summed E-state index contributed by atoms with van der Waals surface area (Å²) < 4.78 is 5.37. The summed E-state index contributed by atoms with van der Waals surface area (Å²) in [6.45, 7) is 17.3. The molecular formula is C31H45N3O4. The lowest BCUT2D eigenvalue weighted by Gasteiger charge is -2.35. The van der Waals surface area contributed by atoms with E-state index >= 15 is 0 Å². The molecule has 0 fully saturated rings. The number of benzene rings is 2. The molecule has 0 aliphatic carbocycles. The first-order valence-electron chi connectivity index (χ1n) is 13.5. The van der Waals surface area contributed by atoms with E-state index < -0.39 is 23.8 Å². The van der Waals surface area contributed by atoms with E-state index in [1.807, 2.05) is 64.1 Å². The summed E-state index contributed by atoms with van der Waals surface area (Å²) in [6.07, 6.45) is 1.95. The molecule has 0 spiro atoms. The number of amides is 3. The van der Waals surface area contributed by atoms with Crippen LogP contribution >= 0.6 is 0 Å². The molecule has 0 bridgehead atoms. The van der Waals surface area contributed by atoms with Gasteiger partial charge < -0.3 is 20.3 Å². The Bertz CT molecular complexity index is 1120. The number of anilines is 1. The van der Waals surface area contributed by atoms with Crippen LogP contribution < -0.4 is 10.6 Å². The number of ether oxygens (including phenoxy) is 1. The van der Waals surface area contributed by atoms with Crippen molar-refractivity contribution >= 4 is 23.6 Å². The molecular weight excluding hydrogens is 478 g/mol. The third-order valence-corrected chi connectivity index (χ3v) is 6.62. The van der Waals surface area contributed by atoms with Crippen LogP contribution in [0.5, 0.6) is 0 Å². The molecule has 2 N–H and O–H groups in total. The molecule has 2 atom stereocenters. The van der Waals surface area contributed by atoms with Crippen molar-refractivity contribution in [2.75, 3.05) is 11.9 Å². The van der Waals surface area contributed by atoms with Crippen molar-refractivity contribution in [3.8, 4) is 0 Å². The second-order valence-electron chi connectivity index (χ2n) is 11.1. The van der Waals surface area contributed by atoms with E-state index in [0.717, 1.165) is 52.8 Å². The van der Waals surface area contributed by atoms with E-state index in [0.29, 0.717) is 6.54 Å². The molecule has 2 aromatic carbocycles. The van der Waals surface area contributed by atoms with Crippen LogP contribution in [0, 0.1) is 27.7 Å². The van der Waals surface area contributed by atoms with Gasteiger partial charge in [0.1, 0.15) is 17.7 Å². The minimum Gasteiger partial charge on any atom is -0.444 e. The van der Waals surface area contributed by atoms with Crippen molar-refractivity contribution in [1.82, 2.24) is 10.2 Å². The largest absolute Gasteiger partial charge is 0.444 e. The fourth-order valence-electron chi connectivity index (χ4n) is 4.42. The number of nitrogens with zero attached hydrogens (tertiary/aromatic N) is 1. The van der Waals surface area contributed by atoms with Crippen molar-refractivity contribution in [1.29, 1.82) is 0 Å². The third kappa shape index (κ3) is 8.33. The highest BCUT2D eigenvalue weighted by molar-refractivity contribution is 6.00. The van der Waals surface area contributed by atoms with E-state index in [1.165, 1.54) is 0 Å². The van der Waals surface area contributed by atoms with Crippen molar-refractivity contribution in [3.05, 3.63) is 64.2 Å². The van der Waals surface area contributed by atoms with Crippen molar-refractivity contribution in [3.63, 3.8) is 0 Å². The van der Waals surface area contributed by atoms with Crippen LogP contribution in [0.25, 0.3) is 0 Å². The zero-order valence-corrected chi connectivity index (χ0v) is 24.5. The molecule has 208 valence electrons. The smallest absolute Gasteiger partial charge is 0.408 e. The molecule has 0 saturated heterocycles. The van der Waals surface area contributed by atoms with Gasteiger partial charge in [0.15, 0.2) is 0 Å². The SMILES string of the molecule is CCCCCN(C(=O)C(C)NC(=O)OC(C)(C)C)C(C(=O)Nc1c(C)cccc1C)c1cccc(C)c1C. The van der Waals surface area contributed by atoms with E-state index in [1.54, 1.807) is 32.6 Å². The number of carbonyl (C=O) groups is 3. The van der Waals surface area contributed by atoms with Crippen molar-refractivity contribution in [2.24, 2.45) is 0 Å². The van der Waals surface area contributed by atoms with Gasteiger partial charge in [0.25, 0.3) is 5.91 Å². The average molecular weight is 524 g/mol. The molecule has 38 heavy (non-hydrogen) atoms. The number of para-hydroxylation sites is 1. The number of unbranched alkanes of at least 4 members (excludes halogenated alkanes) is 2. The van der Waals surface area contributed by atoms with E-state index in [4.69, 9.17) is 4.74 Å². The van der Waals surface area contributed by atoms with Gasteiger partial charge in [-0.1, -0.05) is 56.2 Å². The molecule has 0 radical (unpaired) electrons. The number of nitrogens with one attached hydrogen (secondary N) is 2. The van der Waals surface area contributed by atoms with E-state index in [2.05, 4.69) is 17.6 Å². The van der Waals surface area contributed by atoms with Crippen LogP contribution in [0.2, 0.25) is 0 Å². The summed E-state index contributed by atoms with van der Waals surface area (Å²) in [6, 6.07) is 9.91. The number of aryl methyl sites for hydroxylation is 3. The summed E-state index contributed by atoms with van der Waals surface area (Å²) in [5, 5.41) is 5.78. The minimum absolute atomic E-state index is 0.287. The highest BCUT2D eigenvalue weighted by Gasteiger charge is 2.35. The fourth-order valence-corrected chi connectivity index (χ4v) is 4.42. The zero-order chi connectivity index (χ0) is 28.6. The predicted octanol–water partition coefficient (Wildman–Crippen LogP) is 6.53. The highest BCUT2D eigenvalue weighted by Crippen LogP contribution is 2.30. The Labute approximate surface area is 228 Å². The molecule has 7 nitrogen and oxygen atoms in total. The van der Waals surface area contributed by atoms with Crippen molar-refractivity contribution < 1.29 is 19.1 Å². The number of rotatable bonds is 10. The summed E-state index contributed by atoms with van der Waals surface area (Å²) in [5.41, 5.74) is 4.70. The fraction of sp³-hybridized carbons (Fsp3) is 0.516. The van der Waals surface area contributed by atoms with Gasteiger partial charge in [-0.05, 0) is 89.6 Å². The maximum absolute atomic E-state index is 14.1. The molecule has 0 aliphatic rings. The second kappa shape index (κ2) is 13.4. The number of carbonyl (C=O) groups excluding carboxylic acids is 3. The maximum atomic E-state index is 14.1. The topological polar surface area (TPSA) is 87.7 Å². The monoisotopic (exact) mass is 523 g/mol. The van der Waals surface area contributed by atoms with Crippen LogP contribution in [0.3, 0.4) is 0 Å². The van der Waals surface area contributed by atoms with Crippen LogP contribution in [0.1, 0.15) is 87.7 Å². The number of hydrogen-bond acceptors (Lipinski definition) is 4. The molecule has 0 aromatic heterocycles. The Balaban J connectivity index is 2.54. The average Bonchev–Trinajstić information content (AvgIpc) is 2.81. The van der Waals surface area contributed by atoms with E-state index in [-0.39, 0.29) is 11.8 Å². The van der Waals surface area contributed by atoms with Gasteiger partial charge >= 0.3 is 6.09 Å². The molecule has 0 aliphatic heterocycles. The van der Waals surface area contributed by atoms with Crippen LogP contribution in [-0.4, -0.2) is 41.0 Å². The van der Waals surface area contributed by atoms with Crippen molar-refractivity contribution in [2.45, 2.75) is 99.3 Å². The Kier molecular flexibility index (Phi) is 10.9. The first-order valence-corrected chi connectivity index (χ1v) is 13.5. The molecule has 3 amide bonds. The standard InChI is InChI=1S/C31H45N3O4/c1-10-11-12-19-34(29(36)24(6)32-30(37)38-31(7,8)9)27(25-18-14-15-20(2)23(25)5)28(35)33-26-21(3)16-13-17-22(26)4/h13-18,24,27H,10-12,19H2,1-9H3,(H,32,37)(H,33,35). The predicted molar refractivity (Wildman–Crippen MR) is 153 cm³/mol. The first kappa shape index (κ1) is 30.9. The van der Waals surface area contributed by atoms with Gasteiger partial charge in [0, 0.05) is 12.2 Å². The molecule has 0 saturated carbocycles. The lowest BCUT2D eigenvalue weighted by Crippen LogP contribution is -2.51. The van der Waals surface area contributed by atoms with Crippen LogP contribution in [0.4, 0.5) is 10.5 Å². The van der Waals surface area contributed by atoms with Crippen LogP contribution in [0.15, 0.2) is 36.4 Å². The van der Waals surface area contributed by atoms with Gasteiger partial charge in [-0.2, -0.15) is 0 Å². The highest BCUT2D eigenvalue weighted by atomic mass is 16.6. The van der Waals surface area contributed by atoms with Gasteiger partial charge in [-0.25, -0.2) is 4.79 Å². The normalized spacial score (nSPS) is 12.9. The molecule has 0 heterocycles. The lowest BCUT2D eigenvalue weighted by molar-refractivity contribution is -0.140. The minimum atomic E-state index is -0.882. The Morgan fingerprint density at radius 2 is 1.50 bits per heavy atom. The summed E-state index contributed by atoms with van der Waals surface area (Å²) in [7, 11) is 0. The summed E-state index contributed by atoms with van der Waals surface area (Å²) in [5.74, 6) is -0.625. The molecule has 7 heteroatoms. The van der Waals surface area contributed by atoms with Gasteiger partial charge in [0.2, 0.25) is 5.91 Å². The molecule has 2 aromatic rings. The zero-order valence-electron chi connectivity index (χ0n) is 24.5. The van der Waals surface area contributed by atoms with Crippen LogP contribution in [-0.2, 0) is 14.3 Å². The summed E-state index contributed by atoms with van der Waals surface area (Å²) >= 11 is 0. The van der Waals surface area contributed by atoms with E-state index in [9.17, 15) is 14.4 Å². The Morgan fingerprint density at radius 1 is 0.921 bits per heavy atom. The Morgan fingerprint density at radius 3 is 2.08 bits per heavy atom. The lowest BCUT2D eigenvalue weighted by atomic mass is 9.94. The molecule has 2 rings (SSSR count). The first-order chi connectivity index (χ1) is 17.8. The number of alkyl carbamates (subject to hydrolysis) is 1. The number of hydrogen-bond donors (Lipinski definition) is 2. The summed E-state index contributed by atoms with van der Waals surface area (Å²) in [4.78, 5) is 42.1. The van der Waals surface area contributed by atoms with Gasteiger partial charge in [-0.3, -0.25) is 9.59 Å².